The second kappa shape index (κ2) is 7.87. The standard InChI is InChI=1S/C17H20ClN5O3S/c1-25-13-8-11(9-19-15(13)18)23-3-2-12-14(10-23)27-16(20-12)21-17(24)22-4-6-26-7-5-22/h8-9H,2-7,10H2,1H3,(H,20,21,24). The number of carbonyl (C=O) groups is 1. The fourth-order valence-corrected chi connectivity index (χ4v) is 4.33. The third-order valence-electron chi connectivity index (χ3n) is 4.62. The Morgan fingerprint density at radius 2 is 2.19 bits per heavy atom. The molecule has 0 bridgehead atoms. The van der Waals surface area contributed by atoms with Crippen molar-refractivity contribution in [1.82, 2.24) is 14.9 Å². The maximum atomic E-state index is 12.3. The highest BCUT2D eigenvalue weighted by atomic mass is 35.5. The number of methoxy groups -OCH3 is 1. The molecule has 2 aliphatic rings. The van der Waals surface area contributed by atoms with Crippen molar-refractivity contribution in [3.8, 4) is 5.75 Å². The van der Waals surface area contributed by atoms with Gasteiger partial charge in [-0.2, -0.15) is 0 Å². The zero-order chi connectivity index (χ0) is 18.8. The number of nitrogens with one attached hydrogen (secondary N) is 1. The predicted molar refractivity (Wildman–Crippen MR) is 104 cm³/mol. The van der Waals surface area contributed by atoms with E-state index >= 15 is 0 Å². The third kappa shape index (κ3) is 3.95. The van der Waals surface area contributed by atoms with Gasteiger partial charge in [0.05, 0.1) is 44.4 Å². The summed E-state index contributed by atoms with van der Waals surface area (Å²) < 4.78 is 10.5. The second-order valence-corrected chi connectivity index (χ2v) is 7.72. The van der Waals surface area contributed by atoms with E-state index < -0.39 is 0 Å². The highest BCUT2D eigenvalue weighted by Crippen LogP contribution is 2.33. The number of carbonyl (C=O) groups excluding carboxylic acids is 1. The van der Waals surface area contributed by atoms with Crippen molar-refractivity contribution < 1.29 is 14.3 Å². The average Bonchev–Trinajstić information content (AvgIpc) is 3.10. The van der Waals surface area contributed by atoms with E-state index in [-0.39, 0.29) is 6.03 Å². The topological polar surface area (TPSA) is 79.8 Å². The van der Waals surface area contributed by atoms with Crippen LogP contribution in [0.3, 0.4) is 0 Å². The Kier molecular flexibility index (Phi) is 5.33. The Labute approximate surface area is 166 Å². The van der Waals surface area contributed by atoms with E-state index in [2.05, 4.69) is 20.2 Å². The molecule has 2 amide bonds. The Balaban J connectivity index is 1.45. The molecule has 0 spiro atoms. The highest BCUT2D eigenvalue weighted by Gasteiger charge is 2.24. The number of rotatable bonds is 3. The first-order chi connectivity index (χ1) is 13.1. The first kappa shape index (κ1) is 18.3. The minimum Gasteiger partial charge on any atom is -0.493 e. The van der Waals surface area contributed by atoms with Gasteiger partial charge in [0.1, 0.15) is 0 Å². The summed E-state index contributed by atoms with van der Waals surface area (Å²) >= 11 is 7.54. The molecule has 27 heavy (non-hydrogen) atoms. The van der Waals surface area contributed by atoms with Crippen LogP contribution in [0, 0.1) is 0 Å². The highest BCUT2D eigenvalue weighted by molar-refractivity contribution is 7.15. The van der Waals surface area contributed by atoms with Gasteiger partial charge in [-0.15, -0.1) is 0 Å². The van der Waals surface area contributed by atoms with Crippen LogP contribution < -0.4 is 15.0 Å². The summed E-state index contributed by atoms with van der Waals surface area (Å²) in [6.07, 6.45) is 2.56. The number of ether oxygens (including phenoxy) is 2. The van der Waals surface area contributed by atoms with Crippen molar-refractivity contribution in [2.75, 3.05) is 50.2 Å². The normalized spacial score (nSPS) is 16.8. The van der Waals surface area contributed by atoms with Gasteiger partial charge in [-0.1, -0.05) is 22.9 Å². The van der Waals surface area contributed by atoms with Crippen LogP contribution in [0.5, 0.6) is 5.75 Å². The van der Waals surface area contributed by atoms with E-state index in [1.54, 1.807) is 18.2 Å². The molecule has 0 saturated carbocycles. The maximum Gasteiger partial charge on any atom is 0.323 e. The van der Waals surface area contributed by atoms with Crippen LogP contribution in [-0.4, -0.2) is 60.9 Å². The second-order valence-electron chi connectivity index (χ2n) is 6.28. The number of nitrogens with zero attached hydrogens (tertiary/aromatic N) is 4. The Hall–Kier alpha value is -2.10. The van der Waals surface area contributed by atoms with Gasteiger partial charge in [0.15, 0.2) is 16.0 Å². The summed E-state index contributed by atoms with van der Waals surface area (Å²) in [5, 5.41) is 3.92. The minimum absolute atomic E-state index is 0.118. The molecule has 2 aromatic heterocycles. The van der Waals surface area contributed by atoms with E-state index in [4.69, 9.17) is 21.1 Å². The molecule has 10 heteroatoms. The predicted octanol–water partition coefficient (Wildman–Crippen LogP) is 2.63. The number of fused-ring (bicyclic) bond motifs is 1. The summed E-state index contributed by atoms with van der Waals surface area (Å²) in [7, 11) is 1.58. The minimum atomic E-state index is -0.118. The number of pyridine rings is 1. The van der Waals surface area contributed by atoms with Gasteiger partial charge in [0, 0.05) is 37.0 Å². The number of hydrogen-bond donors (Lipinski definition) is 1. The van der Waals surface area contributed by atoms with Crippen molar-refractivity contribution in [3.63, 3.8) is 0 Å². The molecular weight excluding hydrogens is 390 g/mol. The zero-order valence-corrected chi connectivity index (χ0v) is 16.5. The molecule has 1 N–H and O–H groups in total. The molecule has 144 valence electrons. The van der Waals surface area contributed by atoms with Crippen molar-refractivity contribution in [2.24, 2.45) is 0 Å². The SMILES string of the molecule is COc1cc(N2CCc3nc(NC(=O)N4CCOCC4)sc3C2)cnc1Cl. The zero-order valence-electron chi connectivity index (χ0n) is 14.9. The number of hydrogen-bond acceptors (Lipinski definition) is 7. The molecular formula is C17H20ClN5O3S. The molecule has 4 rings (SSSR count). The Morgan fingerprint density at radius 3 is 2.96 bits per heavy atom. The smallest absolute Gasteiger partial charge is 0.323 e. The Morgan fingerprint density at radius 1 is 1.37 bits per heavy atom. The summed E-state index contributed by atoms with van der Waals surface area (Å²) in [5.74, 6) is 0.558. The van der Waals surface area contributed by atoms with Gasteiger partial charge in [0.25, 0.3) is 0 Å². The third-order valence-corrected chi connectivity index (χ3v) is 5.90. The number of aromatic nitrogens is 2. The van der Waals surface area contributed by atoms with Crippen LogP contribution in [0.1, 0.15) is 10.6 Å². The van der Waals surface area contributed by atoms with E-state index in [0.29, 0.717) is 48.9 Å². The fourth-order valence-electron chi connectivity index (χ4n) is 3.14. The molecule has 8 nitrogen and oxygen atoms in total. The first-order valence-electron chi connectivity index (χ1n) is 8.71. The van der Waals surface area contributed by atoms with Crippen molar-refractivity contribution in [1.29, 1.82) is 0 Å². The lowest BCUT2D eigenvalue weighted by Crippen LogP contribution is -2.43. The molecule has 4 heterocycles. The lowest BCUT2D eigenvalue weighted by Gasteiger charge is -2.28. The number of halogens is 1. The number of urea groups is 1. The van der Waals surface area contributed by atoms with Gasteiger partial charge in [-0.05, 0) is 0 Å². The molecule has 0 radical (unpaired) electrons. The van der Waals surface area contributed by atoms with E-state index in [0.717, 1.165) is 29.2 Å². The fraction of sp³-hybridized carbons (Fsp3) is 0.471. The molecule has 1 saturated heterocycles. The quantitative estimate of drug-likeness (QED) is 0.785. The van der Waals surface area contributed by atoms with Gasteiger partial charge >= 0.3 is 6.03 Å². The molecule has 0 aromatic carbocycles. The number of morpholine rings is 1. The van der Waals surface area contributed by atoms with Crippen LogP contribution in [0.2, 0.25) is 5.15 Å². The average molecular weight is 410 g/mol. The largest absolute Gasteiger partial charge is 0.493 e. The molecule has 2 aliphatic heterocycles. The summed E-state index contributed by atoms with van der Waals surface area (Å²) in [6.45, 7) is 3.91. The summed E-state index contributed by atoms with van der Waals surface area (Å²) in [6, 6.07) is 1.77. The number of amides is 2. The van der Waals surface area contributed by atoms with Gasteiger partial charge in [-0.3, -0.25) is 5.32 Å². The van der Waals surface area contributed by atoms with Crippen molar-refractivity contribution in [2.45, 2.75) is 13.0 Å². The molecule has 0 aliphatic carbocycles. The molecule has 0 unspecified atom stereocenters. The van der Waals surface area contributed by atoms with Crippen LogP contribution in [0.15, 0.2) is 12.3 Å². The summed E-state index contributed by atoms with van der Waals surface area (Å²) in [5.41, 5.74) is 2.00. The maximum absolute atomic E-state index is 12.3. The van der Waals surface area contributed by atoms with E-state index in [1.807, 2.05) is 6.07 Å². The van der Waals surface area contributed by atoms with Crippen LogP contribution >= 0.6 is 22.9 Å². The summed E-state index contributed by atoms with van der Waals surface area (Å²) in [4.78, 5) is 26.2. The van der Waals surface area contributed by atoms with Gasteiger partial charge in [-0.25, -0.2) is 14.8 Å². The molecule has 2 aromatic rings. The van der Waals surface area contributed by atoms with Crippen LogP contribution in [0.25, 0.3) is 0 Å². The van der Waals surface area contributed by atoms with Crippen molar-refractivity contribution >= 4 is 39.8 Å². The lowest BCUT2D eigenvalue weighted by atomic mass is 10.1. The van der Waals surface area contributed by atoms with E-state index in [9.17, 15) is 4.79 Å². The Bertz CT molecular complexity index is 840. The number of thiazole rings is 1. The van der Waals surface area contributed by atoms with Gasteiger partial charge in [0.2, 0.25) is 0 Å². The van der Waals surface area contributed by atoms with Crippen LogP contribution in [-0.2, 0) is 17.7 Å². The number of anilines is 2. The molecule has 0 atom stereocenters. The first-order valence-corrected chi connectivity index (χ1v) is 9.90. The molecule has 1 fully saturated rings. The monoisotopic (exact) mass is 409 g/mol. The van der Waals surface area contributed by atoms with E-state index in [1.165, 1.54) is 11.3 Å². The lowest BCUT2D eigenvalue weighted by molar-refractivity contribution is 0.0564. The van der Waals surface area contributed by atoms with Crippen LogP contribution in [0.4, 0.5) is 15.6 Å². The van der Waals surface area contributed by atoms with Gasteiger partial charge < -0.3 is 19.3 Å². The van der Waals surface area contributed by atoms with Crippen molar-refractivity contribution in [3.05, 3.63) is 28.0 Å².